The largest absolute Gasteiger partial charge is 0.354 e. The summed E-state index contributed by atoms with van der Waals surface area (Å²) in [5.41, 5.74) is 0.715. The van der Waals surface area contributed by atoms with Crippen LogP contribution >= 0.6 is 0 Å². The lowest BCUT2D eigenvalue weighted by Crippen LogP contribution is -2.46. The van der Waals surface area contributed by atoms with E-state index in [2.05, 4.69) is 5.32 Å². The molecule has 0 saturated carbocycles. The van der Waals surface area contributed by atoms with Gasteiger partial charge in [0.2, 0.25) is 17.7 Å². The second kappa shape index (κ2) is 8.29. The van der Waals surface area contributed by atoms with Crippen LogP contribution in [0.1, 0.15) is 31.2 Å². The minimum absolute atomic E-state index is 0.0130. The zero-order valence-electron chi connectivity index (χ0n) is 14.7. The third-order valence-electron chi connectivity index (χ3n) is 4.99. The summed E-state index contributed by atoms with van der Waals surface area (Å²) < 4.78 is 13.3. The normalized spacial score (nSPS) is 20.6. The predicted molar refractivity (Wildman–Crippen MR) is 93.4 cm³/mol. The van der Waals surface area contributed by atoms with Gasteiger partial charge in [0.1, 0.15) is 5.82 Å². The van der Waals surface area contributed by atoms with Crippen LogP contribution in [0.2, 0.25) is 0 Å². The average Bonchev–Trinajstić information content (AvgIpc) is 3.02. The highest BCUT2D eigenvalue weighted by molar-refractivity contribution is 5.84. The van der Waals surface area contributed by atoms with Gasteiger partial charge in [-0.1, -0.05) is 12.1 Å². The standard InChI is InChI=1S/C19H24FN3O3/c20-16-4-1-3-14(11-16)12-23-13-15(6-7-18(23)25)19(26)21-8-10-22-9-2-5-17(22)24/h1,3-4,11,15H,2,5-10,12-13H2,(H,21,26). The Labute approximate surface area is 152 Å². The molecule has 3 rings (SSSR count). The van der Waals surface area contributed by atoms with Gasteiger partial charge >= 0.3 is 0 Å². The second-order valence-corrected chi connectivity index (χ2v) is 6.92. The van der Waals surface area contributed by atoms with Crippen molar-refractivity contribution in [3.05, 3.63) is 35.6 Å². The van der Waals surface area contributed by atoms with Gasteiger partial charge in [-0.15, -0.1) is 0 Å². The number of carbonyl (C=O) groups excluding carboxylic acids is 3. The van der Waals surface area contributed by atoms with Crippen LogP contribution in [0.3, 0.4) is 0 Å². The molecule has 26 heavy (non-hydrogen) atoms. The highest BCUT2D eigenvalue weighted by Gasteiger charge is 2.30. The van der Waals surface area contributed by atoms with E-state index in [4.69, 9.17) is 0 Å². The molecule has 6 nitrogen and oxygen atoms in total. The highest BCUT2D eigenvalue weighted by atomic mass is 19.1. The Morgan fingerprint density at radius 2 is 2.00 bits per heavy atom. The third kappa shape index (κ3) is 4.59. The van der Waals surface area contributed by atoms with E-state index in [0.717, 1.165) is 13.0 Å². The summed E-state index contributed by atoms with van der Waals surface area (Å²) in [6, 6.07) is 6.16. The van der Waals surface area contributed by atoms with Crippen LogP contribution in [-0.4, -0.2) is 53.7 Å². The molecule has 1 aromatic carbocycles. The van der Waals surface area contributed by atoms with Crippen LogP contribution in [0.15, 0.2) is 24.3 Å². The molecule has 1 unspecified atom stereocenters. The molecule has 2 fully saturated rings. The Hall–Kier alpha value is -2.44. The topological polar surface area (TPSA) is 69.7 Å². The number of amides is 3. The lowest BCUT2D eigenvalue weighted by molar-refractivity contribution is -0.139. The van der Waals surface area contributed by atoms with Gasteiger partial charge in [0.25, 0.3) is 0 Å². The van der Waals surface area contributed by atoms with Crippen molar-refractivity contribution in [2.24, 2.45) is 5.92 Å². The zero-order chi connectivity index (χ0) is 18.5. The molecule has 2 aliphatic heterocycles. The molecule has 3 amide bonds. The molecule has 140 valence electrons. The fourth-order valence-electron chi connectivity index (χ4n) is 3.54. The summed E-state index contributed by atoms with van der Waals surface area (Å²) in [4.78, 5) is 39.5. The average molecular weight is 361 g/mol. The number of nitrogens with zero attached hydrogens (tertiary/aromatic N) is 2. The molecular formula is C19H24FN3O3. The number of hydrogen-bond donors (Lipinski definition) is 1. The van der Waals surface area contributed by atoms with Crippen molar-refractivity contribution in [3.8, 4) is 0 Å². The predicted octanol–water partition coefficient (Wildman–Crippen LogP) is 1.30. The van der Waals surface area contributed by atoms with Crippen molar-refractivity contribution in [3.63, 3.8) is 0 Å². The minimum Gasteiger partial charge on any atom is -0.354 e. The van der Waals surface area contributed by atoms with Gasteiger partial charge in [-0.2, -0.15) is 0 Å². The van der Waals surface area contributed by atoms with E-state index in [1.807, 2.05) is 0 Å². The zero-order valence-corrected chi connectivity index (χ0v) is 14.7. The Kier molecular flexibility index (Phi) is 5.85. The van der Waals surface area contributed by atoms with Crippen molar-refractivity contribution in [2.45, 2.75) is 32.2 Å². The number of nitrogens with one attached hydrogen (secondary N) is 1. The Bertz CT molecular complexity index is 694. The summed E-state index contributed by atoms with van der Waals surface area (Å²) in [6.45, 7) is 2.36. The molecule has 7 heteroatoms. The fourth-order valence-corrected chi connectivity index (χ4v) is 3.54. The molecule has 1 atom stereocenters. The van der Waals surface area contributed by atoms with Crippen molar-refractivity contribution in [1.29, 1.82) is 0 Å². The van der Waals surface area contributed by atoms with Crippen LogP contribution < -0.4 is 5.32 Å². The van der Waals surface area contributed by atoms with Gasteiger partial charge in [-0.05, 0) is 30.5 Å². The van der Waals surface area contributed by atoms with Crippen molar-refractivity contribution in [2.75, 3.05) is 26.2 Å². The summed E-state index contributed by atoms with van der Waals surface area (Å²) in [5, 5.41) is 2.88. The Balaban J connectivity index is 1.49. The molecule has 0 aliphatic carbocycles. The van der Waals surface area contributed by atoms with Crippen LogP contribution in [0.25, 0.3) is 0 Å². The first kappa shape index (κ1) is 18.4. The molecule has 2 heterocycles. The number of carbonyl (C=O) groups is 3. The van der Waals surface area contributed by atoms with Gasteiger partial charge in [-0.3, -0.25) is 14.4 Å². The molecule has 1 N–H and O–H groups in total. The summed E-state index contributed by atoms with van der Waals surface area (Å²) >= 11 is 0. The smallest absolute Gasteiger partial charge is 0.224 e. The number of rotatable bonds is 6. The molecule has 2 aliphatic rings. The van der Waals surface area contributed by atoms with E-state index in [9.17, 15) is 18.8 Å². The first-order valence-electron chi connectivity index (χ1n) is 9.10. The minimum atomic E-state index is -0.335. The molecular weight excluding hydrogens is 337 g/mol. The van der Waals surface area contributed by atoms with Crippen molar-refractivity contribution < 1.29 is 18.8 Å². The number of halogens is 1. The first-order chi connectivity index (χ1) is 12.5. The first-order valence-corrected chi connectivity index (χ1v) is 9.10. The van der Waals surface area contributed by atoms with E-state index < -0.39 is 0 Å². The van der Waals surface area contributed by atoms with Crippen LogP contribution in [0, 0.1) is 11.7 Å². The molecule has 2 saturated heterocycles. The molecule has 1 aromatic rings. The SMILES string of the molecule is O=C(NCCN1CCCC1=O)C1CCC(=O)N(Cc2cccc(F)c2)C1. The van der Waals surface area contributed by atoms with Gasteiger partial charge < -0.3 is 15.1 Å². The lowest BCUT2D eigenvalue weighted by Gasteiger charge is -2.32. The second-order valence-electron chi connectivity index (χ2n) is 6.92. The van der Waals surface area contributed by atoms with Crippen LogP contribution in [0.4, 0.5) is 4.39 Å². The molecule has 0 radical (unpaired) electrons. The number of piperidine rings is 1. The molecule has 0 bridgehead atoms. The number of hydrogen-bond acceptors (Lipinski definition) is 3. The lowest BCUT2D eigenvalue weighted by atomic mass is 9.96. The highest BCUT2D eigenvalue weighted by Crippen LogP contribution is 2.20. The van der Waals surface area contributed by atoms with E-state index in [0.29, 0.717) is 51.0 Å². The monoisotopic (exact) mass is 361 g/mol. The third-order valence-corrected chi connectivity index (χ3v) is 4.99. The van der Waals surface area contributed by atoms with Crippen LogP contribution in [-0.2, 0) is 20.9 Å². The Morgan fingerprint density at radius 1 is 1.19 bits per heavy atom. The van der Waals surface area contributed by atoms with Gasteiger partial charge in [-0.25, -0.2) is 4.39 Å². The summed E-state index contributed by atoms with van der Waals surface area (Å²) in [7, 11) is 0. The van der Waals surface area contributed by atoms with E-state index in [1.165, 1.54) is 12.1 Å². The Morgan fingerprint density at radius 3 is 2.73 bits per heavy atom. The van der Waals surface area contributed by atoms with E-state index in [-0.39, 0.29) is 29.5 Å². The molecule has 0 aromatic heterocycles. The maximum atomic E-state index is 13.3. The number of benzene rings is 1. The van der Waals surface area contributed by atoms with Gasteiger partial charge in [0.15, 0.2) is 0 Å². The molecule has 0 spiro atoms. The van der Waals surface area contributed by atoms with Crippen LogP contribution in [0.5, 0.6) is 0 Å². The van der Waals surface area contributed by atoms with E-state index >= 15 is 0 Å². The maximum Gasteiger partial charge on any atom is 0.224 e. The van der Waals surface area contributed by atoms with Gasteiger partial charge in [0.05, 0.1) is 5.92 Å². The quantitative estimate of drug-likeness (QED) is 0.830. The van der Waals surface area contributed by atoms with E-state index in [1.54, 1.807) is 21.9 Å². The summed E-state index contributed by atoms with van der Waals surface area (Å²) in [6.07, 6.45) is 2.31. The van der Waals surface area contributed by atoms with Crippen molar-refractivity contribution in [1.82, 2.24) is 15.1 Å². The van der Waals surface area contributed by atoms with Gasteiger partial charge in [0, 0.05) is 45.6 Å². The summed E-state index contributed by atoms with van der Waals surface area (Å²) in [5.74, 6) is -0.564. The fraction of sp³-hybridized carbons (Fsp3) is 0.526. The number of likely N-dealkylation sites (tertiary alicyclic amines) is 2. The maximum absolute atomic E-state index is 13.3. The van der Waals surface area contributed by atoms with Crippen molar-refractivity contribution >= 4 is 17.7 Å².